The number of hydrogen-bond acceptors (Lipinski definition) is 3. The van der Waals surface area contributed by atoms with Gasteiger partial charge in [0.1, 0.15) is 10.6 Å². The Morgan fingerprint density at radius 2 is 2.24 bits per heavy atom. The van der Waals surface area contributed by atoms with Gasteiger partial charge in [-0.05, 0) is 41.9 Å². The van der Waals surface area contributed by atoms with Gasteiger partial charge >= 0.3 is 0 Å². The van der Waals surface area contributed by atoms with Gasteiger partial charge in [-0.2, -0.15) is 0 Å². The lowest BCUT2D eigenvalue weighted by atomic mass is 10.2. The third-order valence-corrected chi connectivity index (χ3v) is 2.73. The van der Waals surface area contributed by atoms with E-state index in [1.54, 1.807) is 25.3 Å². The van der Waals surface area contributed by atoms with Crippen LogP contribution >= 0.6 is 15.9 Å². The molecule has 0 fully saturated rings. The van der Waals surface area contributed by atoms with Crippen molar-refractivity contribution >= 4 is 27.7 Å². The number of amides is 2. The number of carbonyl (C=O) groups is 2. The van der Waals surface area contributed by atoms with Crippen LogP contribution in [0.3, 0.4) is 0 Å². The maximum absolute atomic E-state index is 11.8. The highest BCUT2D eigenvalue weighted by molar-refractivity contribution is 9.10. The molecule has 1 atom stereocenters. The minimum Gasteiger partial charge on any atom is -0.355 e. The topological polar surface area (TPSA) is 71.1 Å². The number of nitrogens with one attached hydrogen (secondary N) is 2. The lowest BCUT2D eigenvalue weighted by Gasteiger charge is -2.13. The van der Waals surface area contributed by atoms with E-state index in [4.69, 9.17) is 0 Å². The fourth-order valence-electron chi connectivity index (χ4n) is 1.22. The van der Waals surface area contributed by atoms with Crippen LogP contribution in [0.1, 0.15) is 24.2 Å². The van der Waals surface area contributed by atoms with Crippen molar-refractivity contribution in [2.24, 2.45) is 0 Å². The number of carbonyl (C=O) groups excluding carboxylic acids is 2. The van der Waals surface area contributed by atoms with Crippen LogP contribution in [0.2, 0.25) is 0 Å². The van der Waals surface area contributed by atoms with Crippen LogP contribution < -0.4 is 10.6 Å². The van der Waals surface area contributed by atoms with E-state index >= 15 is 0 Å². The molecule has 1 rings (SSSR count). The summed E-state index contributed by atoms with van der Waals surface area (Å²) in [4.78, 5) is 27.2. The molecule has 0 aliphatic heterocycles. The molecule has 1 unspecified atom stereocenters. The number of nitrogens with zero attached hydrogens (tertiary/aromatic N) is 1. The summed E-state index contributed by atoms with van der Waals surface area (Å²) in [7, 11) is 0. The lowest BCUT2D eigenvalue weighted by Crippen LogP contribution is -2.44. The smallest absolute Gasteiger partial charge is 0.254 e. The summed E-state index contributed by atoms with van der Waals surface area (Å²) in [6, 6.07) is 2.72. The second-order valence-electron chi connectivity index (χ2n) is 3.43. The first-order chi connectivity index (χ1) is 8.06. The molecule has 6 heteroatoms. The van der Waals surface area contributed by atoms with Crippen molar-refractivity contribution in [1.82, 2.24) is 15.6 Å². The Morgan fingerprint density at radius 1 is 1.53 bits per heavy atom. The normalized spacial score (nSPS) is 11.7. The third-order valence-electron chi connectivity index (χ3n) is 2.10. The molecule has 0 bridgehead atoms. The highest BCUT2D eigenvalue weighted by Gasteiger charge is 2.17. The second kappa shape index (κ2) is 6.34. The highest BCUT2D eigenvalue weighted by Crippen LogP contribution is 2.12. The van der Waals surface area contributed by atoms with Crippen molar-refractivity contribution in [1.29, 1.82) is 0 Å². The van der Waals surface area contributed by atoms with E-state index in [1.165, 1.54) is 0 Å². The van der Waals surface area contributed by atoms with Crippen molar-refractivity contribution in [3.05, 3.63) is 28.5 Å². The summed E-state index contributed by atoms with van der Waals surface area (Å²) >= 11 is 3.18. The largest absolute Gasteiger partial charge is 0.355 e. The Bertz CT molecular complexity index is 423. The fourth-order valence-corrected chi connectivity index (χ4v) is 1.65. The highest BCUT2D eigenvalue weighted by atomic mass is 79.9. The summed E-state index contributed by atoms with van der Waals surface area (Å²) in [5.74, 6) is -0.537. The maximum Gasteiger partial charge on any atom is 0.254 e. The van der Waals surface area contributed by atoms with Gasteiger partial charge in [0.15, 0.2) is 0 Å². The molecule has 0 saturated heterocycles. The van der Waals surface area contributed by atoms with Crippen LogP contribution in [0, 0.1) is 0 Å². The number of pyridine rings is 1. The van der Waals surface area contributed by atoms with Gasteiger partial charge in [0, 0.05) is 12.7 Å². The molecule has 0 saturated carbocycles. The molecule has 2 amide bonds. The molecular weight excluding hydrogens is 286 g/mol. The SMILES string of the molecule is CCNC(=O)C(C)NC(=O)c1cccnc1Br. The van der Waals surface area contributed by atoms with Gasteiger partial charge in [-0.3, -0.25) is 9.59 Å². The van der Waals surface area contributed by atoms with Gasteiger partial charge in [-0.15, -0.1) is 0 Å². The molecule has 0 aromatic carbocycles. The molecule has 0 aliphatic carbocycles. The van der Waals surface area contributed by atoms with Crippen LogP contribution in [0.4, 0.5) is 0 Å². The zero-order valence-corrected chi connectivity index (χ0v) is 11.2. The lowest BCUT2D eigenvalue weighted by molar-refractivity contribution is -0.122. The Morgan fingerprint density at radius 3 is 2.82 bits per heavy atom. The predicted molar refractivity (Wildman–Crippen MR) is 67.5 cm³/mol. The third kappa shape index (κ3) is 3.81. The van der Waals surface area contributed by atoms with Gasteiger partial charge in [-0.1, -0.05) is 0 Å². The first-order valence-electron chi connectivity index (χ1n) is 5.25. The molecule has 1 heterocycles. The van der Waals surface area contributed by atoms with Crippen molar-refractivity contribution in [3.63, 3.8) is 0 Å². The summed E-state index contributed by atoms with van der Waals surface area (Å²) in [6.45, 7) is 3.99. The van der Waals surface area contributed by atoms with E-state index < -0.39 is 6.04 Å². The molecule has 5 nitrogen and oxygen atoms in total. The van der Waals surface area contributed by atoms with E-state index in [0.29, 0.717) is 16.7 Å². The summed E-state index contributed by atoms with van der Waals surface area (Å²) in [5.41, 5.74) is 0.406. The van der Waals surface area contributed by atoms with Crippen LogP contribution in [0.5, 0.6) is 0 Å². The van der Waals surface area contributed by atoms with Crippen LogP contribution in [-0.2, 0) is 4.79 Å². The zero-order valence-electron chi connectivity index (χ0n) is 9.66. The minimum absolute atomic E-state index is 0.208. The molecule has 1 aromatic heterocycles. The summed E-state index contributed by atoms with van der Waals surface area (Å²) < 4.78 is 0.459. The fraction of sp³-hybridized carbons (Fsp3) is 0.364. The molecule has 92 valence electrons. The Hall–Kier alpha value is -1.43. The van der Waals surface area contributed by atoms with Gasteiger partial charge in [-0.25, -0.2) is 4.98 Å². The molecule has 1 aromatic rings. The van der Waals surface area contributed by atoms with Crippen molar-refractivity contribution in [3.8, 4) is 0 Å². The van der Waals surface area contributed by atoms with Crippen molar-refractivity contribution in [2.45, 2.75) is 19.9 Å². The van der Waals surface area contributed by atoms with Gasteiger partial charge in [0.25, 0.3) is 5.91 Å². The molecule has 0 radical (unpaired) electrons. The Balaban J connectivity index is 2.67. The second-order valence-corrected chi connectivity index (χ2v) is 4.18. The van der Waals surface area contributed by atoms with E-state index in [2.05, 4.69) is 31.5 Å². The molecule has 0 spiro atoms. The standard InChI is InChI=1S/C11H14BrN3O2/c1-3-13-10(16)7(2)15-11(17)8-5-4-6-14-9(8)12/h4-7H,3H2,1-2H3,(H,13,16)(H,15,17). The maximum atomic E-state index is 11.8. The average molecular weight is 300 g/mol. The predicted octanol–water partition coefficient (Wildman–Crippen LogP) is 1.10. The molecule has 2 N–H and O–H groups in total. The van der Waals surface area contributed by atoms with E-state index in [9.17, 15) is 9.59 Å². The van der Waals surface area contributed by atoms with Crippen LogP contribution in [0.25, 0.3) is 0 Å². The zero-order chi connectivity index (χ0) is 12.8. The number of rotatable bonds is 4. The number of hydrogen-bond donors (Lipinski definition) is 2. The molecular formula is C11H14BrN3O2. The molecule has 0 aliphatic rings. The first-order valence-corrected chi connectivity index (χ1v) is 6.04. The Labute approximate surface area is 108 Å². The van der Waals surface area contributed by atoms with Crippen LogP contribution in [0.15, 0.2) is 22.9 Å². The number of halogens is 1. The minimum atomic E-state index is -0.574. The number of likely N-dealkylation sites (N-methyl/N-ethyl adjacent to an activating group) is 1. The quantitative estimate of drug-likeness (QED) is 0.818. The summed E-state index contributed by atoms with van der Waals surface area (Å²) in [6.07, 6.45) is 1.58. The first kappa shape index (κ1) is 13.6. The van der Waals surface area contributed by atoms with Gasteiger partial charge in [0.2, 0.25) is 5.91 Å². The average Bonchev–Trinajstić information content (AvgIpc) is 2.29. The van der Waals surface area contributed by atoms with Crippen molar-refractivity contribution in [2.75, 3.05) is 6.54 Å². The van der Waals surface area contributed by atoms with Gasteiger partial charge < -0.3 is 10.6 Å². The monoisotopic (exact) mass is 299 g/mol. The Kier molecular flexibility index (Phi) is 5.09. The van der Waals surface area contributed by atoms with E-state index in [-0.39, 0.29) is 11.8 Å². The van der Waals surface area contributed by atoms with E-state index in [1.807, 2.05) is 6.92 Å². The number of aromatic nitrogens is 1. The van der Waals surface area contributed by atoms with Crippen molar-refractivity contribution < 1.29 is 9.59 Å². The summed E-state index contributed by atoms with van der Waals surface area (Å²) in [5, 5.41) is 5.24. The van der Waals surface area contributed by atoms with Gasteiger partial charge in [0.05, 0.1) is 5.56 Å². The van der Waals surface area contributed by atoms with Crippen LogP contribution in [-0.4, -0.2) is 29.4 Å². The van der Waals surface area contributed by atoms with E-state index in [0.717, 1.165) is 0 Å². The molecule has 17 heavy (non-hydrogen) atoms.